The van der Waals surface area contributed by atoms with Gasteiger partial charge < -0.3 is 20.6 Å². The van der Waals surface area contributed by atoms with Gasteiger partial charge in [0.1, 0.15) is 11.6 Å². The number of nitrogens with zero attached hydrogens (tertiary/aromatic N) is 7. The van der Waals surface area contributed by atoms with E-state index in [4.69, 9.17) is 10.7 Å². The third-order valence-electron chi connectivity index (χ3n) is 6.83. The van der Waals surface area contributed by atoms with Crippen molar-refractivity contribution in [3.8, 4) is 28.8 Å². The second-order valence-electron chi connectivity index (χ2n) is 9.38. The van der Waals surface area contributed by atoms with E-state index in [9.17, 15) is 5.11 Å². The number of piperazine rings is 1. The van der Waals surface area contributed by atoms with Gasteiger partial charge in [0.05, 0.1) is 17.9 Å². The smallest absolute Gasteiger partial charge is 0.206 e. The van der Waals surface area contributed by atoms with Crippen molar-refractivity contribution in [1.29, 1.82) is 0 Å². The molecular weight excluding hydrogens is 452 g/mol. The summed E-state index contributed by atoms with van der Waals surface area (Å²) >= 11 is 0. The van der Waals surface area contributed by atoms with Crippen LogP contribution in [0, 0.1) is 11.8 Å². The summed E-state index contributed by atoms with van der Waals surface area (Å²) in [5.74, 6) is 8.39. The van der Waals surface area contributed by atoms with E-state index in [0.717, 1.165) is 50.8 Å². The van der Waals surface area contributed by atoms with Gasteiger partial charge in [-0.05, 0) is 63.0 Å². The minimum absolute atomic E-state index is 0.158. The van der Waals surface area contributed by atoms with Gasteiger partial charge in [0.2, 0.25) is 5.82 Å². The maximum atomic E-state index is 10.2. The normalized spacial score (nSPS) is 18.5. The van der Waals surface area contributed by atoms with E-state index in [1.54, 1.807) is 18.3 Å². The van der Waals surface area contributed by atoms with Gasteiger partial charge >= 0.3 is 0 Å². The molecule has 0 saturated carbocycles. The summed E-state index contributed by atoms with van der Waals surface area (Å²) in [7, 11) is 0. The first-order chi connectivity index (χ1) is 17.6. The van der Waals surface area contributed by atoms with Crippen LogP contribution in [0.15, 0.2) is 42.6 Å². The summed E-state index contributed by atoms with van der Waals surface area (Å²) in [6.45, 7) is 7.48. The summed E-state index contributed by atoms with van der Waals surface area (Å²) < 4.78 is 0. The quantitative estimate of drug-likeness (QED) is 0.541. The number of nitrogens with two attached hydrogens (primary N) is 1. The number of likely N-dealkylation sites (tertiary alicyclic amines) is 1. The molecular formula is C27H32N8O. The highest BCUT2D eigenvalue weighted by Gasteiger charge is 2.27. The van der Waals surface area contributed by atoms with Crippen LogP contribution in [0.4, 0.5) is 17.3 Å². The lowest BCUT2D eigenvalue weighted by Gasteiger charge is -2.41. The standard InChI is InChI=1S/C27H32N8O/c1-20-19-34(26-11-12-29-25(30-26)10-7-15-33-13-5-2-6-14-33)16-17-35(20)23-18-22(31-32-27(23)28)21-8-3-4-9-24(21)36/h3-4,8-9,11-12,18,20,36H,2,5-6,13-17,19H2,1H3,(H2,28,32). The fourth-order valence-corrected chi connectivity index (χ4v) is 4.90. The molecule has 4 heterocycles. The van der Waals surface area contributed by atoms with Gasteiger partial charge in [-0.25, -0.2) is 9.97 Å². The van der Waals surface area contributed by atoms with Crippen LogP contribution >= 0.6 is 0 Å². The number of aromatic nitrogens is 4. The average molecular weight is 485 g/mol. The largest absolute Gasteiger partial charge is 0.507 e. The molecule has 0 amide bonds. The van der Waals surface area contributed by atoms with E-state index in [-0.39, 0.29) is 11.8 Å². The van der Waals surface area contributed by atoms with Crippen LogP contribution in [0.5, 0.6) is 5.75 Å². The molecule has 2 aromatic heterocycles. The number of hydrogen-bond donors (Lipinski definition) is 2. The van der Waals surface area contributed by atoms with E-state index < -0.39 is 0 Å². The number of hydrogen-bond acceptors (Lipinski definition) is 9. The highest BCUT2D eigenvalue weighted by Crippen LogP contribution is 2.33. The number of aromatic hydroxyl groups is 1. The Kier molecular flexibility index (Phi) is 7.14. The molecule has 3 N–H and O–H groups in total. The third kappa shape index (κ3) is 5.34. The highest BCUT2D eigenvalue weighted by atomic mass is 16.3. The first kappa shape index (κ1) is 23.8. The van der Waals surface area contributed by atoms with Crippen LogP contribution in [0.25, 0.3) is 11.3 Å². The molecule has 1 atom stereocenters. The molecule has 9 nitrogen and oxygen atoms in total. The van der Waals surface area contributed by atoms with Crippen LogP contribution in [-0.2, 0) is 0 Å². The van der Waals surface area contributed by atoms with Gasteiger partial charge in [-0.15, -0.1) is 10.2 Å². The molecule has 186 valence electrons. The molecule has 2 fully saturated rings. The number of nitrogen functional groups attached to an aromatic ring is 1. The zero-order valence-corrected chi connectivity index (χ0v) is 20.6. The molecule has 0 spiro atoms. The van der Waals surface area contributed by atoms with E-state index in [2.05, 4.69) is 48.6 Å². The Balaban J connectivity index is 1.28. The van der Waals surface area contributed by atoms with E-state index in [1.165, 1.54) is 19.3 Å². The number of anilines is 3. The fraction of sp³-hybridized carbons (Fsp3) is 0.407. The molecule has 2 aliphatic heterocycles. The predicted molar refractivity (Wildman–Crippen MR) is 142 cm³/mol. The second kappa shape index (κ2) is 10.8. The molecule has 1 unspecified atom stereocenters. The third-order valence-corrected chi connectivity index (χ3v) is 6.83. The number of piperidine rings is 1. The molecule has 2 saturated heterocycles. The molecule has 36 heavy (non-hydrogen) atoms. The minimum Gasteiger partial charge on any atom is -0.507 e. The topological polar surface area (TPSA) is 108 Å². The van der Waals surface area contributed by atoms with Crippen molar-refractivity contribution in [2.75, 3.05) is 54.8 Å². The monoisotopic (exact) mass is 484 g/mol. The van der Waals surface area contributed by atoms with Gasteiger partial charge in [-0.2, -0.15) is 0 Å². The van der Waals surface area contributed by atoms with E-state index >= 15 is 0 Å². The molecule has 1 aromatic carbocycles. The number of phenolic OH excluding ortho intramolecular Hbond substituents is 1. The Morgan fingerprint density at radius 3 is 2.69 bits per heavy atom. The summed E-state index contributed by atoms with van der Waals surface area (Å²) in [6, 6.07) is 11.1. The van der Waals surface area contributed by atoms with Gasteiger partial charge in [0, 0.05) is 37.4 Å². The highest BCUT2D eigenvalue weighted by molar-refractivity contribution is 5.74. The van der Waals surface area contributed by atoms with Crippen LogP contribution in [0.1, 0.15) is 32.0 Å². The Bertz CT molecular complexity index is 1260. The fourth-order valence-electron chi connectivity index (χ4n) is 4.90. The first-order valence-electron chi connectivity index (χ1n) is 12.6. The molecule has 0 radical (unpaired) electrons. The van der Waals surface area contributed by atoms with Crippen molar-refractivity contribution in [2.24, 2.45) is 0 Å². The lowest BCUT2D eigenvalue weighted by atomic mass is 10.1. The Morgan fingerprint density at radius 1 is 1.06 bits per heavy atom. The Labute approximate surface area is 212 Å². The van der Waals surface area contributed by atoms with Gasteiger partial charge in [0.15, 0.2) is 5.82 Å². The van der Waals surface area contributed by atoms with E-state index in [1.807, 2.05) is 24.3 Å². The molecule has 0 bridgehead atoms. The number of para-hydroxylation sites is 1. The van der Waals surface area contributed by atoms with Crippen LogP contribution in [-0.4, -0.2) is 75.5 Å². The summed E-state index contributed by atoms with van der Waals surface area (Å²) in [4.78, 5) is 16.0. The lowest BCUT2D eigenvalue weighted by Crippen LogP contribution is -2.52. The van der Waals surface area contributed by atoms with Crippen molar-refractivity contribution < 1.29 is 5.11 Å². The van der Waals surface area contributed by atoms with Gasteiger partial charge in [0.25, 0.3) is 0 Å². The molecule has 9 heteroatoms. The average Bonchev–Trinajstić information content (AvgIpc) is 2.90. The van der Waals surface area contributed by atoms with Crippen molar-refractivity contribution in [1.82, 2.24) is 25.1 Å². The SMILES string of the molecule is CC1CN(c2ccnc(C#CCN3CCCCC3)n2)CCN1c1cc(-c2ccccc2O)nnc1N. The van der Waals surface area contributed by atoms with Gasteiger partial charge in [-0.1, -0.05) is 24.5 Å². The summed E-state index contributed by atoms with van der Waals surface area (Å²) in [5.41, 5.74) is 8.28. The van der Waals surface area contributed by atoms with E-state index in [0.29, 0.717) is 22.9 Å². The van der Waals surface area contributed by atoms with Crippen molar-refractivity contribution in [3.05, 3.63) is 48.4 Å². The number of benzene rings is 1. The molecule has 2 aliphatic rings. The maximum Gasteiger partial charge on any atom is 0.206 e. The maximum absolute atomic E-state index is 10.2. The molecule has 0 aliphatic carbocycles. The molecule has 3 aromatic rings. The lowest BCUT2D eigenvalue weighted by molar-refractivity contribution is 0.255. The minimum atomic E-state index is 0.158. The zero-order chi connectivity index (χ0) is 24.9. The summed E-state index contributed by atoms with van der Waals surface area (Å²) in [6.07, 6.45) is 5.63. The molecule has 5 rings (SSSR count). The number of phenols is 1. The predicted octanol–water partition coefficient (Wildman–Crippen LogP) is 2.77. The second-order valence-corrected chi connectivity index (χ2v) is 9.38. The van der Waals surface area contributed by atoms with Crippen molar-refractivity contribution in [3.63, 3.8) is 0 Å². The Morgan fingerprint density at radius 2 is 1.89 bits per heavy atom. The first-order valence-corrected chi connectivity index (χ1v) is 12.6. The van der Waals surface area contributed by atoms with Gasteiger partial charge in [-0.3, -0.25) is 4.90 Å². The van der Waals surface area contributed by atoms with Crippen LogP contribution in [0.3, 0.4) is 0 Å². The number of rotatable bonds is 4. The Hall–Kier alpha value is -3.90. The zero-order valence-electron chi connectivity index (χ0n) is 20.6. The van der Waals surface area contributed by atoms with Crippen LogP contribution in [0.2, 0.25) is 0 Å². The van der Waals surface area contributed by atoms with Crippen molar-refractivity contribution >= 4 is 17.3 Å². The van der Waals surface area contributed by atoms with Crippen molar-refractivity contribution in [2.45, 2.75) is 32.2 Å². The van der Waals surface area contributed by atoms with Crippen LogP contribution < -0.4 is 15.5 Å². The summed E-state index contributed by atoms with van der Waals surface area (Å²) in [5, 5.41) is 18.6.